The standard InChI is InChI=1S/C14H10BrNO2/c15-13-2-1-3-14-12(13)6-7-16(14)8-10-4-5-11(9-17)18-10/h1-7,9H,8H2. The van der Waals surface area contributed by atoms with Gasteiger partial charge < -0.3 is 8.98 Å². The van der Waals surface area contributed by atoms with Crippen LogP contribution in [0.4, 0.5) is 0 Å². The third kappa shape index (κ3) is 1.88. The number of rotatable bonds is 3. The van der Waals surface area contributed by atoms with Gasteiger partial charge in [0.2, 0.25) is 0 Å². The van der Waals surface area contributed by atoms with Gasteiger partial charge in [-0.25, -0.2) is 0 Å². The Hall–Kier alpha value is -1.81. The first-order valence-corrected chi connectivity index (χ1v) is 6.34. The molecule has 0 saturated heterocycles. The van der Waals surface area contributed by atoms with Gasteiger partial charge in [0.25, 0.3) is 0 Å². The molecule has 0 radical (unpaired) electrons. The number of aldehydes is 1. The molecule has 0 atom stereocenters. The van der Waals surface area contributed by atoms with E-state index in [9.17, 15) is 4.79 Å². The lowest BCUT2D eigenvalue weighted by Crippen LogP contribution is -1.96. The van der Waals surface area contributed by atoms with Crippen LogP contribution in [0.25, 0.3) is 10.9 Å². The highest BCUT2D eigenvalue weighted by Crippen LogP contribution is 2.25. The molecule has 3 rings (SSSR count). The van der Waals surface area contributed by atoms with E-state index < -0.39 is 0 Å². The third-order valence-electron chi connectivity index (χ3n) is 2.89. The topological polar surface area (TPSA) is 35.1 Å². The first kappa shape index (κ1) is 11.3. The maximum atomic E-state index is 10.6. The molecule has 0 N–H and O–H groups in total. The minimum atomic E-state index is 0.364. The van der Waals surface area contributed by atoms with Gasteiger partial charge in [-0.3, -0.25) is 4.79 Å². The number of hydrogen-bond donors (Lipinski definition) is 0. The van der Waals surface area contributed by atoms with E-state index in [2.05, 4.69) is 32.6 Å². The zero-order valence-electron chi connectivity index (χ0n) is 9.47. The Morgan fingerprint density at radius 3 is 2.89 bits per heavy atom. The minimum Gasteiger partial charge on any atom is -0.456 e. The number of carbonyl (C=O) groups excluding carboxylic acids is 1. The van der Waals surface area contributed by atoms with Gasteiger partial charge in [0.1, 0.15) is 5.76 Å². The third-order valence-corrected chi connectivity index (χ3v) is 3.58. The number of carbonyl (C=O) groups is 1. The number of benzene rings is 1. The van der Waals surface area contributed by atoms with Crippen LogP contribution in [0.2, 0.25) is 0 Å². The molecular weight excluding hydrogens is 294 g/mol. The second kappa shape index (κ2) is 4.46. The van der Waals surface area contributed by atoms with Crippen molar-refractivity contribution >= 4 is 33.1 Å². The molecule has 0 spiro atoms. The molecular formula is C14H10BrNO2. The average Bonchev–Trinajstić information content (AvgIpc) is 2.98. The summed E-state index contributed by atoms with van der Waals surface area (Å²) in [6.07, 6.45) is 2.73. The molecule has 0 bridgehead atoms. The van der Waals surface area contributed by atoms with Crippen LogP contribution in [0.5, 0.6) is 0 Å². The van der Waals surface area contributed by atoms with Crippen LogP contribution in [-0.2, 0) is 6.54 Å². The summed E-state index contributed by atoms with van der Waals surface area (Å²) in [5, 5.41) is 1.17. The molecule has 0 aliphatic rings. The fourth-order valence-corrected chi connectivity index (χ4v) is 2.52. The average molecular weight is 304 g/mol. The maximum absolute atomic E-state index is 10.6. The normalized spacial score (nSPS) is 10.9. The van der Waals surface area contributed by atoms with Gasteiger partial charge in [-0.05, 0) is 30.3 Å². The fraction of sp³-hybridized carbons (Fsp3) is 0.0714. The molecule has 1 aromatic carbocycles. The van der Waals surface area contributed by atoms with Crippen LogP contribution in [0.15, 0.2) is 51.5 Å². The summed E-state index contributed by atoms with van der Waals surface area (Å²) in [4.78, 5) is 10.6. The Morgan fingerprint density at radius 2 is 2.11 bits per heavy atom. The SMILES string of the molecule is O=Cc1ccc(Cn2ccc3c(Br)cccc32)o1. The molecule has 0 fully saturated rings. The lowest BCUT2D eigenvalue weighted by Gasteiger charge is -2.03. The quantitative estimate of drug-likeness (QED) is 0.689. The summed E-state index contributed by atoms with van der Waals surface area (Å²) in [6.45, 7) is 0.619. The van der Waals surface area contributed by atoms with Gasteiger partial charge in [-0.15, -0.1) is 0 Å². The number of aromatic nitrogens is 1. The van der Waals surface area contributed by atoms with Crippen LogP contribution >= 0.6 is 15.9 Å². The molecule has 3 aromatic rings. The zero-order valence-corrected chi connectivity index (χ0v) is 11.1. The number of nitrogens with zero attached hydrogens (tertiary/aromatic N) is 1. The molecule has 2 heterocycles. The lowest BCUT2D eigenvalue weighted by molar-refractivity contribution is 0.109. The smallest absolute Gasteiger partial charge is 0.185 e. The van der Waals surface area contributed by atoms with Crippen LogP contribution in [0.1, 0.15) is 16.3 Å². The summed E-state index contributed by atoms with van der Waals surface area (Å²) in [5.74, 6) is 1.14. The zero-order chi connectivity index (χ0) is 12.5. The van der Waals surface area contributed by atoms with Crippen LogP contribution in [0, 0.1) is 0 Å². The second-order valence-electron chi connectivity index (χ2n) is 4.04. The molecule has 90 valence electrons. The number of hydrogen-bond acceptors (Lipinski definition) is 2. The largest absolute Gasteiger partial charge is 0.456 e. The fourth-order valence-electron chi connectivity index (χ4n) is 2.03. The first-order chi connectivity index (χ1) is 8.78. The van der Waals surface area contributed by atoms with Crippen molar-refractivity contribution in [3.63, 3.8) is 0 Å². The molecule has 0 amide bonds. The molecule has 0 saturated carbocycles. The molecule has 4 heteroatoms. The Labute approximate surface area is 112 Å². The van der Waals surface area contributed by atoms with E-state index in [-0.39, 0.29) is 0 Å². The van der Waals surface area contributed by atoms with Crippen molar-refractivity contribution in [1.82, 2.24) is 4.57 Å². The number of fused-ring (bicyclic) bond motifs is 1. The van der Waals surface area contributed by atoms with Crippen molar-refractivity contribution < 1.29 is 9.21 Å². The Morgan fingerprint density at radius 1 is 1.22 bits per heavy atom. The van der Waals surface area contributed by atoms with Gasteiger partial charge in [0.15, 0.2) is 12.0 Å². The number of furan rings is 1. The highest BCUT2D eigenvalue weighted by Gasteiger charge is 2.06. The van der Waals surface area contributed by atoms with Crippen LogP contribution in [0.3, 0.4) is 0 Å². The highest BCUT2D eigenvalue weighted by atomic mass is 79.9. The predicted octanol–water partition coefficient (Wildman–Crippen LogP) is 3.86. The summed E-state index contributed by atoms with van der Waals surface area (Å²) >= 11 is 3.53. The molecule has 0 aliphatic carbocycles. The summed E-state index contributed by atoms with van der Waals surface area (Å²) in [7, 11) is 0. The summed E-state index contributed by atoms with van der Waals surface area (Å²) < 4.78 is 8.55. The molecule has 3 nitrogen and oxygen atoms in total. The van der Waals surface area contributed by atoms with Crippen molar-refractivity contribution in [2.75, 3.05) is 0 Å². The van der Waals surface area contributed by atoms with Gasteiger partial charge in [0.05, 0.1) is 6.54 Å². The summed E-state index contributed by atoms with van der Waals surface area (Å²) in [5.41, 5.74) is 1.13. The monoisotopic (exact) mass is 303 g/mol. The van der Waals surface area contributed by atoms with E-state index in [1.54, 1.807) is 6.07 Å². The van der Waals surface area contributed by atoms with E-state index >= 15 is 0 Å². The van der Waals surface area contributed by atoms with Crippen molar-refractivity contribution in [3.8, 4) is 0 Å². The molecule has 0 unspecified atom stereocenters. The van der Waals surface area contributed by atoms with Crippen molar-refractivity contribution in [2.45, 2.75) is 6.54 Å². The van der Waals surface area contributed by atoms with E-state index in [4.69, 9.17) is 4.42 Å². The van der Waals surface area contributed by atoms with Gasteiger partial charge in [-0.1, -0.05) is 22.0 Å². The highest BCUT2D eigenvalue weighted by molar-refractivity contribution is 9.10. The lowest BCUT2D eigenvalue weighted by atomic mass is 10.2. The van der Waals surface area contributed by atoms with E-state index in [0.717, 1.165) is 15.7 Å². The minimum absolute atomic E-state index is 0.364. The van der Waals surface area contributed by atoms with E-state index in [0.29, 0.717) is 18.6 Å². The Kier molecular flexibility index (Phi) is 2.80. The second-order valence-corrected chi connectivity index (χ2v) is 4.89. The first-order valence-electron chi connectivity index (χ1n) is 5.55. The Bertz CT molecular complexity index is 711. The van der Waals surface area contributed by atoms with Crippen molar-refractivity contribution in [1.29, 1.82) is 0 Å². The van der Waals surface area contributed by atoms with Crippen molar-refractivity contribution in [3.05, 3.63) is 58.6 Å². The summed E-state index contributed by atoms with van der Waals surface area (Å²) in [6, 6.07) is 11.6. The Balaban J connectivity index is 2.00. The predicted molar refractivity (Wildman–Crippen MR) is 72.8 cm³/mol. The van der Waals surface area contributed by atoms with Gasteiger partial charge >= 0.3 is 0 Å². The van der Waals surface area contributed by atoms with Crippen LogP contribution < -0.4 is 0 Å². The maximum Gasteiger partial charge on any atom is 0.185 e. The van der Waals surface area contributed by atoms with E-state index in [1.807, 2.05) is 24.4 Å². The molecule has 0 aliphatic heterocycles. The number of halogens is 1. The van der Waals surface area contributed by atoms with E-state index in [1.165, 1.54) is 5.39 Å². The van der Waals surface area contributed by atoms with Crippen molar-refractivity contribution in [2.24, 2.45) is 0 Å². The van der Waals surface area contributed by atoms with Gasteiger partial charge in [-0.2, -0.15) is 0 Å². The molecule has 2 aromatic heterocycles. The van der Waals surface area contributed by atoms with Gasteiger partial charge in [0, 0.05) is 21.6 Å². The van der Waals surface area contributed by atoms with Crippen LogP contribution in [-0.4, -0.2) is 10.9 Å². The molecule has 18 heavy (non-hydrogen) atoms.